The van der Waals surface area contributed by atoms with Gasteiger partial charge >= 0.3 is 0 Å². The van der Waals surface area contributed by atoms with Crippen molar-refractivity contribution in [2.45, 2.75) is 27.2 Å². The van der Waals surface area contributed by atoms with Crippen LogP contribution in [0.3, 0.4) is 0 Å². The van der Waals surface area contributed by atoms with Crippen LogP contribution < -0.4 is 5.32 Å². The van der Waals surface area contributed by atoms with Gasteiger partial charge < -0.3 is 4.52 Å². The molecule has 0 saturated carbocycles. The van der Waals surface area contributed by atoms with Gasteiger partial charge in [-0.05, 0) is 32.9 Å². The maximum atomic E-state index is 12.3. The molecule has 3 aromatic heterocycles. The van der Waals surface area contributed by atoms with E-state index in [0.29, 0.717) is 17.2 Å². The van der Waals surface area contributed by atoms with E-state index in [9.17, 15) is 4.79 Å². The first kappa shape index (κ1) is 14.8. The Bertz CT molecular complexity index is 1080. The maximum Gasteiger partial charge on any atom is 0.250 e. The Morgan fingerprint density at radius 1 is 1.33 bits per heavy atom. The van der Waals surface area contributed by atoms with Crippen LogP contribution in [0.25, 0.3) is 15.9 Å². The Morgan fingerprint density at radius 2 is 2.17 bits per heavy atom. The zero-order valence-electron chi connectivity index (χ0n) is 13.5. The van der Waals surface area contributed by atoms with Crippen molar-refractivity contribution in [1.82, 2.24) is 19.8 Å². The molecule has 0 aliphatic heterocycles. The van der Waals surface area contributed by atoms with Gasteiger partial charge in [0.2, 0.25) is 16.8 Å². The minimum absolute atomic E-state index is 0.112. The summed E-state index contributed by atoms with van der Waals surface area (Å²) in [6.45, 7) is 5.98. The van der Waals surface area contributed by atoms with Crippen molar-refractivity contribution >= 4 is 39.1 Å². The van der Waals surface area contributed by atoms with Gasteiger partial charge in [0.05, 0.1) is 12.1 Å². The van der Waals surface area contributed by atoms with Crippen LogP contribution in [-0.4, -0.2) is 25.7 Å². The van der Waals surface area contributed by atoms with Gasteiger partial charge in [-0.1, -0.05) is 28.1 Å². The summed E-state index contributed by atoms with van der Waals surface area (Å²) in [5.41, 5.74) is 3.41. The predicted molar refractivity (Wildman–Crippen MR) is 91.4 cm³/mol. The number of thiazole rings is 1. The molecule has 4 rings (SSSR count). The molecule has 1 amide bonds. The van der Waals surface area contributed by atoms with Crippen LogP contribution in [0.1, 0.15) is 21.8 Å². The average molecular weight is 341 g/mol. The van der Waals surface area contributed by atoms with Crippen molar-refractivity contribution in [3.8, 4) is 0 Å². The second-order valence-corrected chi connectivity index (χ2v) is 6.91. The van der Waals surface area contributed by atoms with Crippen molar-refractivity contribution in [2.75, 3.05) is 5.32 Å². The molecule has 24 heavy (non-hydrogen) atoms. The van der Waals surface area contributed by atoms with Gasteiger partial charge in [0.25, 0.3) is 0 Å². The van der Waals surface area contributed by atoms with Gasteiger partial charge in [0.1, 0.15) is 5.69 Å². The van der Waals surface area contributed by atoms with Crippen LogP contribution >= 0.6 is 11.3 Å². The number of carbonyl (C=O) groups excluding carboxylic acids is 1. The summed E-state index contributed by atoms with van der Waals surface area (Å²) in [6, 6.07) is 5.77. The summed E-state index contributed by atoms with van der Waals surface area (Å²) >= 11 is 1.55. The second kappa shape index (κ2) is 5.41. The van der Waals surface area contributed by atoms with E-state index < -0.39 is 0 Å². The average Bonchev–Trinajstić information content (AvgIpc) is 3.17. The van der Waals surface area contributed by atoms with E-state index >= 15 is 0 Å². The molecule has 0 saturated heterocycles. The first-order valence-electron chi connectivity index (χ1n) is 7.49. The molecule has 0 aliphatic rings. The minimum Gasteiger partial charge on any atom is -0.356 e. The fourth-order valence-corrected chi connectivity index (χ4v) is 3.45. The highest BCUT2D eigenvalue weighted by molar-refractivity contribution is 7.17. The normalized spacial score (nSPS) is 11.5. The largest absolute Gasteiger partial charge is 0.356 e. The molecular formula is C16H15N5O2S. The number of hydrogen-bond donors (Lipinski definition) is 1. The Kier molecular flexibility index (Phi) is 3.34. The summed E-state index contributed by atoms with van der Waals surface area (Å²) < 4.78 is 7.00. The van der Waals surface area contributed by atoms with Crippen LogP contribution in [0, 0.1) is 20.8 Å². The molecule has 8 heteroatoms. The minimum atomic E-state index is -0.223. The molecule has 0 spiro atoms. The van der Waals surface area contributed by atoms with Crippen LogP contribution in [0.2, 0.25) is 0 Å². The van der Waals surface area contributed by atoms with Crippen molar-refractivity contribution in [3.05, 3.63) is 40.0 Å². The van der Waals surface area contributed by atoms with E-state index in [1.807, 2.05) is 39.0 Å². The summed E-state index contributed by atoms with van der Waals surface area (Å²) in [5.74, 6) is 0.0812. The number of benzene rings is 1. The molecule has 1 aromatic carbocycles. The van der Waals surface area contributed by atoms with E-state index in [1.165, 1.54) is 0 Å². The van der Waals surface area contributed by atoms with Gasteiger partial charge in [0, 0.05) is 10.3 Å². The van der Waals surface area contributed by atoms with Crippen LogP contribution in [0.5, 0.6) is 0 Å². The maximum absolute atomic E-state index is 12.3. The Labute approximate surface area is 141 Å². The number of carbonyl (C=O) groups is 1. The smallest absolute Gasteiger partial charge is 0.250 e. The molecule has 7 nitrogen and oxygen atoms in total. The zero-order valence-corrected chi connectivity index (χ0v) is 14.3. The molecule has 0 fully saturated rings. The van der Waals surface area contributed by atoms with E-state index in [-0.39, 0.29) is 12.3 Å². The van der Waals surface area contributed by atoms with Gasteiger partial charge in [0.15, 0.2) is 5.58 Å². The molecule has 0 atom stereocenters. The predicted octanol–water partition coefficient (Wildman–Crippen LogP) is 3.04. The SMILES string of the molecule is Cc1ccc2onc(CC(=O)Nc3nc4sc(C)c(C)n4n3)c2c1. The third kappa shape index (κ3) is 2.44. The fraction of sp³-hybridized carbons (Fsp3) is 0.250. The van der Waals surface area contributed by atoms with Crippen molar-refractivity contribution in [1.29, 1.82) is 0 Å². The van der Waals surface area contributed by atoms with Crippen molar-refractivity contribution in [2.24, 2.45) is 0 Å². The number of hydrogen-bond acceptors (Lipinski definition) is 6. The Hall–Kier alpha value is -2.74. The lowest BCUT2D eigenvalue weighted by Gasteiger charge is -1.99. The summed E-state index contributed by atoms with van der Waals surface area (Å²) in [4.78, 5) is 18.5. The molecule has 0 radical (unpaired) electrons. The lowest BCUT2D eigenvalue weighted by atomic mass is 10.1. The Balaban J connectivity index is 1.55. The molecule has 0 unspecified atom stereocenters. The monoisotopic (exact) mass is 341 g/mol. The number of fused-ring (bicyclic) bond motifs is 2. The zero-order chi connectivity index (χ0) is 16.8. The number of rotatable bonds is 3. The number of nitrogens with one attached hydrogen (secondary N) is 1. The fourth-order valence-electron chi connectivity index (χ4n) is 2.55. The molecule has 0 bridgehead atoms. The highest BCUT2D eigenvalue weighted by Crippen LogP contribution is 2.22. The number of aromatic nitrogens is 4. The summed E-state index contributed by atoms with van der Waals surface area (Å²) in [7, 11) is 0. The second-order valence-electron chi connectivity index (χ2n) is 5.73. The van der Waals surface area contributed by atoms with Crippen LogP contribution in [0.4, 0.5) is 5.95 Å². The molecule has 122 valence electrons. The highest BCUT2D eigenvalue weighted by atomic mass is 32.1. The van der Waals surface area contributed by atoms with E-state index in [4.69, 9.17) is 4.52 Å². The van der Waals surface area contributed by atoms with Crippen molar-refractivity contribution < 1.29 is 9.32 Å². The van der Waals surface area contributed by atoms with Gasteiger partial charge in [-0.15, -0.1) is 5.10 Å². The number of aryl methyl sites for hydroxylation is 3. The number of nitrogens with zero attached hydrogens (tertiary/aromatic N) is 4. The molecule has 4 aromatic rings. The van der Waals surface area contributed by atoms with E-state index in [0.717, 1.165) is 26.5 Å². The van der Waals surface area contributed by atoms with Gasteiger partial charge in [-0.2, -0.15) is 4.98 Å². The standard InChI is InChI=1S/C16H15N5O2S/c1-8-4-5-13-11(6-8)12(20-23-13)7-14(22)17-15-18-16-21(19-15)9(2)10(3)24-16/h4-6H,7H2,1-3H3,(H,17,19,22). The van der Waals surface area contributed by atoms with Crippen molar-refractivity contribution in [3.63, 3.8) is 0 Å². The topological polar surface area (TPSA) is 85.3 Å². The lowest BCUT2D eigenvalue weighted by Crippen LogP contribution is -2.16. The Morgan fingerprint density at radius 3 is 2.96 bits per heavy atom. The molecular weight excluding hydrogens is 326 g/mol. The summed E-state index contributed by atoms with van der Waals surface area (Å²) in [6.07, 6.45) is 0.112. The highest BCUT2D eigenvalue weighted by Gasteiger charge is 2.16. The quantitative estimate of drug-likeness (QED) is 0.619. The third-order valence-electron chi connectivity index (χ3n) is 3.93. The number of anilines is 1. The van der Waals surface area contributed by atoms with Crippen LogP contribution in [0.15, 0.2) is 22.7 Å². The summed E-state index contributed by atoms with van der Waals surface area (Å²) in [5, 5.41) is 11.9. The van der Waals surface area contributed by atoms with Gasteiger partial charge in [-0.3, -0.25) is 10.1 Å². The molecule has 0 aliphatic carbocycles. The first-order valence-corrected chi connectivity index (χ1v) is 8.30. The van der Waals surface area contributed by atoms with E-state index in [2.05, 4.69) is 20.6 Å². The lowest BCUT2D eigenvalue weighted by molar-refractivity contribution is -0.115. The third-order valence-corrected chi connectivity index (χ3v) is 4.98. The van der Waals surface area contributed by atoms with Crippen LogP contribution in [-0.2, 0) is 11.2 Å². The molecule has 1 N–H and O–H groups in total. The first-order chi connectivity index (χ1) is 11.5. The number of amides is 1. The van der Waals surface area contributed by atoms with E-state index in [1.54, 1.807) is 15.9 Å². The van der Waals surface area contributed by atoms with Gasteiger partial charge in [-0.25, -0.2) is 4.52 Å². The molecule has 3 heterocycles.